The van der Waals surface area contributed by atoms with Crippen LogP contribution in [0.2, 0.25) is 15.1 Å². The van der Waals surface area contributed by atoms with Crippen LogP contribution in [0, 0.1) is 0 Å². The number of hydrogen-bond acceptors (Lipinski definition) is 2. The molecular weight excluding hydrogens is 365 g/mol. The van der Waals surface area contributed by atoms with Gasteiger partial charge in [-0.15, -0.1) is 0 Å². The van der Waals surface area contributed by atoms with Gasteiger partial charge in [-0.05, 0) is 37.3 Å². The zero-order valence-electron chi connectivity index (χ0n) is 12.9. The van der Waals surface area contributed by atoms with Crippen LogP contribution in [-0.4, -0.2) is 11.6 Å². The van der Waals surface area contributed by atoms with Gasteiger partial charge >= 0.3 is 0 Å². The molecule has 0 saturated carbocycles. The molecule has 0 fully saturated rings. The number of halogens is 3. The van der Waals surface area contributed by atoms with Gasteiger partial charge in [0.1, 0.15) is 5.75 Å². The molecule has 0 radical (unpaired) electrons. The quantitative estimate of drug-likeness (QED) is 0.499. The highest BCUT2D eigenvalue weighted by atomic mass is 35.5. The molecule has 122 valence electrons. The van der Waals surface area contributed by atoms with Crippen LogP contribution in [-0.2, 0) is 0 Å². The monoisotopic (exact) mass is 377 g/mol. The molecule has 0 bridgehead atoms. The maximum absolute atomic E-state index is 6.33. The van der Waals surface area contributed by atoms with Crippen molar-refractivity contribution in [3.05, 3.63) is 69.7 Å². The third-order valence-electron chi connectivity index (χ3n) is 3.44. The molecule has 0 amide bonds. The number of rotatable bonds is 4. The molecule has 24 heavy (non-hydrogen) atoms. The molecule has 0 unspecified atom stereocenters. The first-order valence-electron chi connectivity index (χ1n) is 7.43. The fourth-order valence-corrected chi connectivity index (χ4v) is 3.08. The molecular formula is C19H14Cl3NO. The first-order valence-corrected chi connectivity index (χ1v) is 8.56. The normalized spacial score (nSPS) is 10.7. The summed E-state index contributed by atoms with van der Waals surface area (Å²) < 4.78 is 5.68. The SMILES string of the molecule is CCOc1cc(-c2cccc(Cl)c2)nc(-c2ccc(Cl)cc2Cl)c1. The van der Waals surface area contributed by atoms with Gasteiger partial charge in [-0.2, -0.15) is 0 Å². The second kappa shape index (κ2) is 7.43. The standard InChI is InChI=1S/C19H14Cl3NO/c1-2-24-15-10-18(12-4-3-5-13(20)8-12)23-19(11-15)16-7-6-14(21)9-17(16)22/h3-11H,2H2,1H3. The molecule has 0 spiro atoms. The van der Waals surface area contributed by atoms with E-state index in [1.165, 1.54) is 0 Å². The van der Waals surface area contributed by atoms with Gasteiger partial charge in [0.05, 0.1) is 23.0 Å². The Morgan fingerprint density at radius 1 is 0.875 bits per heavy atom. The molecule has 0 aliphatic carbocycles. The Bertz CT molecular complexity index is 880. The summed E-state index contributed by atoms with van der Waals surface area (Å²) >= 11 is 18.4. The van der Waals surface area contributed by atoms with E-state index in [9.17, 15) is 0 Å². The van der Waals surface area contributed by atoms with Gasteiger partial charge in [0.15, 0.2) is 0 Å². The van der Waals surface area contributed by atoms with Crippen LogP contribution in [0.25, 0.3) is 22.5 Å². The van der Waals surface area contributed by atoms with E-state index in [-0.39, 0.29) is 0 Å². The van der Waals surface area contributed by atoms with Crippen LogP contribution in [0.5, 0.6) is 5.75 Å². The van der Waals surface area contributed by atoms with Gasteiger partial charge in [0.25, 0.3) is 0 Å². The Morgan fingerprint density at radius 2 is 1.62 bits per heavy atom. The summed E-state index contributed by atoms with van der Waals surface area (Å²) in [5.41, 5.74) is 3.20. The van der Waals surface area contributed by atoms with Crippen LogP contribution in [0.3, 0.4) is 0 Å². The molecule has 2 nitrogen and oxygen atoms in total. The predicted octanol–water partition coefficient (Wildman–Crippen LogP) is 6.77. The minimum Gasteiger partial charge on any atom is -0.494 e. The Kier molecular flexibility index (Phi) is 5.30. The van der Waals surface area contributed by atoms with E-state index < -0.39 is 0 Å². The largest absolute Gasteiger partial charge is 0.494 e. The average Bonchev–Trinajstić information content (AvgIpc) is 2.55. The molecule has 3 aromatic rings. The molecule has 2 aromatic carbocycles. The second-order valence-electron chi connectivity index (χ2n) is 5.14. The Morgan fingerprint density at radius 3 is 2.33 bits per heavy atom. The van der Waals surface area contributed by atoms with Crippen LogP contribution in [0.4, 0.5) is 0 Å². The van der Waals surface area contributed by atoms with Crippen molar-refractivity contribution in [1.29, 1.82) is 0 Å². The molecule has 0 N–H and O–H groups in total. The van der Waals surface area contributed by atoms with E-state index in [4.69, 9.17) is 44.5 Å². The average molecular weight is 379 g/mol. The number of ether oxygens (including phenoxy) is 1. The van der Waals surface area contributed by atoms with Crippen LogP contribution in [0.15, 0.2) is 54.6 Å². The molecule has 1 aromatic heterocycles. The van der Waals surface area contributed by atoms with E-state index in [1.54, 1.807) is 12.1 Å². The topological polar surface area (TPSA) is 22.1 Å². The van der Waals surface area contributed by atoms with Crippen molar-refractivity contribution in [3.8, 4) is 28.3 Å². The lowest BCUT2D eigenvalue weighted by atomic mass is 10.1. The van der Waals surface area contributed by atoms with E-state index in [2.05, 4.69) is 0 Å². The molecule has 5 heteroatoms. The van der Waals surface area contributed by atoms with E-state index in [1.807, 2.05) is 49.4 Å². The summed E-state index contributed by atoms with van der Waals surface area (Å²) in [5, 5.41) is 1.78. The number of benzene rings is 2. The van der Waals surface area contributed by atoms with Crippen LogP contribution < -0.4 is 4.74 Å². The molecule has 1 heterocycles. The fourth-order valence-electron chi connectivity index (χ4n) is 2.39. The number of hydrogen-bond donors (Lipinski definition) is 0. The molecule has 0 aliphatic rings. The lowest BCUT2D eigenvalue weighted by Gasteiger charge is -2.11. The van der Waals surface area contributed by atoms with Gasteiger partial charge in [-0.1, -0.05) is 46.9 Å². The summed E-state index contributed by atoms with van der Waals surface area (Å²) in [7, 11) is 0. The highest BCUT2D eigenvalue weighted by Gasteiger charge is 2.11. The van der Waals surface area contributed by atoms with Gasteiger partial charge in [0.2, 0.25) is 0 Å². The third kappa shape index (κ3) is 3.84. The van der Waals surface area contributed by atoms with Gasteiger partial charge in [0, 0.05) is 33.3 Å². The van der Waals surface area contributed by atoms with Crippen molar-refractivity contribution in [2.24, 2.45) is 0 Å². The summed E-state index contributed by atoms with van der Waals surface area (Å²) in [4.78, 5) is 4.72. The minimum atomic E-state index is 0.542. The van der Waals surface area contributed by atoms with E-state index in [0.717, 1.165) is 28.3 Å². The Hall–Kier alpha value is -1.74. The second-order valence-corrected chi connectivity index (χ2v) is 6.42. The Labute approximate surface area is 156 Å². The van der Waals surface area contributed by atoms with Crippen molar-refractivity contribution in [3.63, 3.8) is 0 Å². The van der Waals surface area contributed by atoms with E-state index in [0.29, 0.717) is 21.7 Å². The third-order valence-corrected chi connectivity index (χ3v) is 4.22. The van der Waals surface area contributed by atoms with Crippen molar-refractivity contribution in [2.75, 3.05) is 6.61 Å². The van der Waals surface area contributed by atoms with Crippen molar-refractivity contribution >= 4 is 34.8 Å². The minimum absolute atomic E-state index is 0.542. The highest BCUT2D eigenvalue weighted by Crippen LogP contribution is 2.34. The first-order chi connectivity index (χ1) is 11.6. The zero-order chi connectivity index (χ0) is 17.1. The van der Waals surface area contributed by atoms with Crippen LogP contribution >= 0.6 is 34.8 Å². The summed E-state index contributed by atoms with van der Waals surface area (Å²) in [6, 6.07) is 16.6. The van der Waals surface area contributed by atoms with Crippen molar-refractivity contribution < 1.29 is 4.74 Å². The summed E-state index contributed by atoms with van der Waals surface area (Å²) in [6.07, 6.45) is 0. The summed E-state index contributed by atoms with van der Waals surface area (Å²) in [5.74, 6) is 0.725. The lowest BCUT2D eigenvalue weighted by molar-refractivity contribution is 0.340. The zero-order valence-corrected chi connectivity index (χ0v) is 15.2. The van der Waals surface area contributed by atoms with E-state index >= 15 is 0 Å². The molecule has 3 rings (SSSR count). The lowest BCUT2D eigenvalue weighted by Crippen LogP contribution is -1.96. The number of aromatic nitrogens is 1. The Balaban J connectivity index is 2.15. The predicted molar refractivity (Wildman–Crippen MR) is 101 cm³/mol. The van der Waals surface area contributed by atoms with Crippen molar-refractivity contribution in [1.82, 2.24) is 4.98 Å². The van der Waals surface area contributed by atoms with Gasteiger partial charge < -0.3 is 4.74 Å². The van der Waals surface area contributed by atoms with Crippen LogP contribution in [0.1, 0.15) is 6.92 Å². The molecule has 0 atom stereocenters. The smallest absolute Gasteiger partial charge is 0.123 e. The highest BCUT2D eigenvalue weighted by molar-refractivity contribution is 6.36. The molecule has 0 aliphatic heterocycles. The van der Waals surface area contributed by atoms with Gasteiger partial charge in [-0.3, -0.25) is 0 Å². The first kappa shape index (κ1) is 17.1. The number of nitrogens with zero attached hydrogens (tertiary/aromatic N) is 1. The maximum Gasteiger partial charge on any atom is 0.123 e. The maximum atomic E-state index is 6.33. The number of pyridine rings is 1. The molecule has 0 saturated heterocycles. The summed E-state index contributed by atoms with van der Waals surface area (Å²) in [6.45, 7) is 2.50. The fraction of sp³-hybridized carbons (Fsp3) is 0.105. The van der Waals surface area contributed by atoms with Crippen molar-refractivity contribution in [2.45, 2.75) is 6.92 Å². The van der Waals surface area contributed by atoms with Gasteiger partial charge in [-0.25, -0.2) is 4.98 Å².